The van der Waals surface area contributed by atoms with Crippen molar-refractivity contribution in [1.82, 2.24) is 4.31 Å². The minimum absolute atomic E-state index is 0.0737. The summed E-state index contributed by atoms with van der Waals surface area (Å²) in [7, 11) is -3.72. The molecule has 20 heavy (non-hydrogen) atoms. The highest BCUT2D eigenvalue weighted by Gasteiger charge is 2.40. The van der Waals surface area contributed by atoms with Crippen molar-refractivity contribution in [2.24, 2.45) is 5.41 Å². The monoisotopic (exact) mass is 292 g/mol. The molecular formula is C14H16N2O3S. The largest absolute Gasteiger partial charge is 0.269 e. The number of fused-ring (bicyclic) bond motifs is 1. The number of carbonyl (C=O) groups excluding carboxylic acids is 1. The molecule has 0 aliphatic carbocycles. The lowest BCUT2D eigenvalue weighted by Gasteiger charge is -2.18. The van der Waals surface area contributed by atoms with Crippen molar-refractivity contribution in [2.45, 2.75) is 31.6 Å². The van der Waals surface area contributed by atoms with E-state index in [1.807, 2.05) is 0 Å². The number of sulfonamides is 1. The van der Waals surface area contributed by atoms with Gasteiger partial charge in [0.15, 0.2) is 0 Å². The summed E-state index contributed by atoms with van der Waals surface area (Å²) >= 11 is 0. The number of amides is 1. The third kappa shape index (κ3) is 2.41. The van der Waals surface area contributed by atoms with Crippen LogP contribution in [0.2, 0.25) is 0 Å². The van der Waals surface area contributed by atoms with Gasteiger partial charge in [-0.2, -0.15) is 5.26 Å². The van der Waals surface area contributed by atoms with Gasteiger partial charge in [0.25, 0.3) is 15.9 Å². The summed E-state index contributed by atoms with van der Waals surface area (Å²) in [6, 6.07) is 8.38. The molecule has 0 unspecified atom stereocenters. The van der Waals surface area contributed by atoms with Crippen LogP contribution in [0.15, 0.2) is 29.2 Å². The molecule has 1 aromatic rings. The summed E-state index contributed by atoms with van der Waals surface area (Å²) in [4.78, 5) is 12.2. The molecule has 0 spiro atoms. The van der Waals surface area contributed by atoms with Crippen LogP contribution in [0.4, 0.5) is 0 Å². The Morgan fingerprint density at radius 2 is 1.95 bits per heavy atom. The Labute approximate surface area is 118 Å². The third-order valence-corrected chi connectivity index (χ3v) is 5.22. The summed E-state index contributed by atoms with van der Waals surface area (Å²) in [5.74, 6) is -0.477. The summed E-state index contributed by atoms with van der Waals surface area (Å²) in [6.45, 7) is 3.70. The second-order valence-electron chi connectivity index (χ2n) is 5.48. The summed E-state index contributed by atoms with van der Waals surface area (Å²) < 4.78 is 25.4. The molecule has 1 aliphatic heterocycles. The summed E-state index contributed by atoms with van der Waals surface area (Å²) in [6.07, 6.45) is 1.01. The number of rotatable bonds is 4. The first-order valence-electron chi connectivity index (χ1n) is 6.37. The zero-order valence-electron chi connectivity index (χ0n) is 11.5. The SMILES string of the molecule is CC(C)(C#N)CCCN1C(=O)c2ccccc2S1(=O)=O. The minimum Gasteiger partial charge on any atom is -0.268 e. The van der Waals surface area contributed by atoms with Crippen molar-refractivity contribution in [3.63, 3.8) is 0 Å². The zero-order chi connectivity index (χ0) is 15.0. The van der Waals surface area contributed by atoms with Crippen LogP contribution in [-0.4, -0.2) is 25.2 Å². The van der Waals surface area contributed by atoms with Crippen LogP contribution in [0.1, 0.15) is 37.0 Å². The van der Waals surface area contributed by atoms with Gasteiger partial charge in [-0.3, -0.25) is 4.79 Å². The maximum absolute atomic E-state index is 12.3. The van der Waals surface area contributed by atoms with Crippen molar-refractivity contribution < 1.29 is 13.2 Å². The molecule has 0 atom stereocenters. The predicted octanol–water partition coefficient (Wildman–Crippen LogP) is 2.16. The molecule has 6 heteroatoms. The average Bonchev–Trinajstić information content (AvgIpc) is 2.60. The van der Waals surface area contributed by atoms with Crippen molar-refractivity contribution in [3.05, 3.63) is 29.8 Å². The summed E-state index contributed by atoms with van der Waals surface area (Å²) in [5, 5.41) is 8.93. The fourth-order valence-electron chi connectivity index (χ4n) is 2.17. The van der Waals surface area contributed by atoms with Gasteiger partial charge in [0.1, 0.15) is 4.90 Å². The van der Waals surface area contributed by atoms with Gasteiger partial charge in [-0.1, -0.05) is 12.1 Å². The Kier molecular flexibility index (Phi) is 3.57. The topological polar surface area (TPSA) is 78.2 Å². The molecule has 0 saturated carbocycles. The lowest BCUT2D eigenvalue weighted by atomic mass is 9.90. The van der Waals surface area contributed by atoms with Crippen molar-refractivity contribution in [1.29, 1.82) is 5.26 Å². The van der Waals surface area contributed by atoms with E-state index in [9.17, 15) is 13.2 Å². The summed E-state index contributed by atoms with van der Waals surface area (Å²) in [5.41, 5.74) is -0.286. The molecule has 1 aliphatic rings. The van der Waals surface area contributed by atoms with Gasteiger partial charge in [0, 0.05) is 6.54 Å². The van der Waals surface area contributed by atoms with Crippen molar-refractivity contribution in [3.8, 4) is 6.07 Å². The molecule has 1 aromatic carbocycles. The predicted molar refractivity (Wildman–Crippen MR) is 73.3 cm³/mol. The molecule has 1 heterocycles. The van der Waals surface area contributed by atoms with E-state index in [-0.39, 0.29) is 17.0 Å². The van der Waals surface area contributed by atoms with E-state index in [0.29, 0.717) is 12.8 Å². The van der Waals surface area contributed by atoms with E-state index in [1.165, 1.54) is 12.1 Å². The molecule has 0 radical (unpaired) electrons. The zero-order valence-corrected chi connectivity index (χ0v) is 12.3. The van der Waals surface area contributed by atoms with Crippen LogP contribution < -0.4 is 0 Å². The van der Waals surface area contributed by atoms with Crippen LogP contribution >= 0.6 is 0 Å². The molecule has 0 bridgehead atoms. The lowest BCUT2D eigenvalue weighted by molar-refractivity contribution is 0.0867. The Balaban J connectivity index is 2.16. The van der Waals surface area contributed by atoms with E-state index in [1.54, 1.807) is 26.0 Å². The Morgan fingerprint density at radius 3 is 2.55 bits per heavy atom. The van der Waals surface area contributed by atoms with Crippen LogP contribution in [-0.2, 0) is 10.0 Å². The fraction of sp³-hybridized carbons (Fsp3) is 0.429. The first-order chi connectivity index (χ1) is 9.29. The van der Waals surface area contributed by atoms with Crippen LogP contribution in [0.5, 0.6) is 0 Å². The highest BCUT2D eigenvalue weighted by atomic mass is 32.2. The van der Waals surface area contributed by atoms with Gasteiger partial charge in [0.05, 0.1) is 17.0 Å². The average molecular weight is 292 g/mol. The van der Waals surface area contributed by atoms with Gasteiger partial charge < -0.3 is 0 Å². The quantitative estimate of drug-likeness (QED) is 0.852. The van der Waals surface area contributed by atoms with E-state index in [2.05, 4.69) is 6.07 Å². The minimum atomic E-state index is -3.72. The first kappa shape index (κ1) is 14.5. The van der Waals surface area contributed by atoms with Gasteiger partial charge in [0.2, 0.25) is 0 Å². The van der Waals surface area contributed by atoms with Crippen molar-refractivity contribution >= 4 is 15.9 Å². The molecule has 106 valence electrons. The molecule has 2 rings (SSSR count). The number of hydrogen-bond donors (Lipinski definition) is 0. The van der Waals surface area contributed by atoms with Crippen LogP contribution in [0, 0.1) is 16.7 Å². The first-order valence-corrected chi connectivity index (χ1v) is 7.81. The van der Waals surface area contributed by atoms with E-state index in [4.69, 9.17) is 5.26 Å². The van der Waals surface area contributed by atoms with E-state index >= 15 is 0 Å². The van der Waals surface area contributed by atoms with Crippen LogP contribution in [0.25, 0.3) is 0 Å². The van der Waals surface area contributed by atoms with Crippen LogP contribution in [0.3, 0.4) is 0 Å². The number of nitrogens with zero attached hydrogens (tertiary/aromatic N) is 2. The van der Waals surface area contributed by atoms with Gasteiger partial charge in [-0.25, -0.2) is 12.7 Å². The second-order valence-corrected chi connectivity index (χ2v) is 7.31. The molecule has 1 amide bonds. The molecule has 0 fully saturated rings. The molecule has 5 nitrogen and oxygen atoms in total. The van der Waals surface area contributed by atoms with Crippen molar-refractivity contribution in [2.75, 3.05) is 6.54 Å². The molecule has 0 N–H and O–H groups in total. The van der Waals surface area contributed by atoms with Gasteiger partial charge >= 0.3 is 0 Å². The van der Waals surface area contributed by atoms with Gasteiger partial charge in [-0.15, -0.1) is 0 Å². The fourth-order valence-corrected chi connectivity index (χ4v) is 3.78. The second kappa shape index (κ2) is 4.91. The maximum atomic E-state index is 12.3. The third-order valence-electron chi connectivity index (χ3n) is 3.38. The highest BCUT2D eigenvalue weighted by molar-refractivity contribution is 7.90. The lowest BCUT2D eigenvalue weighted by Crippen LogP contribution is -2.31. The Bertz CT molecular complexity index is 687. The number of nitriles is 1. The standard InChI is InChI=1S/C14H16N2O3S/c1-14(2,10-15)8-5-9-16-13(17)11-6-3-4-7-12(11)20(16,18)19/h3-4,6-7H,5,8-9H2,1-2H3. The maximum Gasteiger partial charge on any atom is 0.269 e. The molecule has 0 saturated heterocycles. The Morgan fingerprint density at radius 1 is 1.30 bits per heavy atom. The van der Waals surface area contributed by atoms with Gasteiger partial charge in [-0.05, 0) is 38.8 Å². The highest BCUT2D eigenvalue weighted by Crippen LogP contribution is 2.31. The van der Waals surface area contributed by atoms with E-state index < -0.39 is 21.3 Å². The molecule has 0 aromatic heterocycles. The number of carbonyl (C=O) groups is 1. The normalized spacial score (nSPS) is 16.9. The Hall–Kier alpha value is -1.87. The smallest absolute Gasteiger partial charge is 0.268 e. The molecular weight excluding hydrogens is 276 g/mol. The van der Waals surface area contributed by atoms with E-state index in [0.717, 1.165) is 4.31 Å². The number of hydrogen-bond acceptors (Lipinski definition) is 4. The number of benzene rings is 1.